The monoisotopic (exact) mass is 287 g/mol. The summed E-state index contributed by atoms with van der Waals surface area (Å²) in [5.41, 5.74) is 0.878. The van der Waals surface area contributed by atoms with Crippen molar-refractivity contribution in [3.05, 3.63) is 28.2 Å². The maximum absolute atomic E-state index is 5.97. The van der Waals surface area contributed by atoms with Crippen LogP contribution in [0.15, 0.2) is 23.2 Å². The van der Waals surface area contributed by atoms with E-state index in [1.165, 1.54) is 0 Å². The third-order valence-electron chi connectivity index (χ3n) is 2.22. The number of halogens is 2. The highest BCUT2D eigenvalue weighted by Crippen LogP contribution is 2.24. The lowest BCUT2D eigenvalue weighted by atomic mass is 10.3. The summed E-state index contributed by atoms with van der Waals surface area (Å²) in [7, 11) is 0. The third kappa shape index (κ3) is 5.15. The average Bonchev–Trinajstić information content (AvgIpc) is 2.37. The van der Waals surface area contributed by atoms with Crippen LogP contribution in [0.2, 0.25) is 10.0 Å². The zero-order valence-corrected chi connectivity index (χ0v) is 12.3. The summed E-state index contributed by atoms with van der Waals surface area (Å²) in [6.45, 7) is 5.89. The van der Waals surface area contributed by atoms with Crippen molar-refractivity contribution < 1.29 is 0 Å². The standard InChI is InChI=1S/C13H19Cl2N3/c1-3-7-16-13(17-8-4-2)18-10-5-6-11(14)12(15)9-10/h5-6,9H,3-4,7-8H2,1-2H3,(H2,16,17,18). The minimum absolute atomic E-state index is 0.534. The summed E-state index contributed by atoms with van der Waals surface area (Å²) < 4.78 is 0. The van der Waals surface area contributed by atoms with Crippen LogP contribution in [0.1, 0.15) is 26.7 Å². The topological polar surface area (TPSA) is 36.4 Å². The molecule has 100 valence electrons. The van der Waals surface area contributed by atoms with Crippen LogP contribution in [0.5, 0.6) is 0 Å². The minimum Gasteiger partial charge on any atom is -0.356 e. The number of hydrogen-bond acceptors (Lipinski definition) is 1. The first-order valence-corrected chi connectivity index (χ1v) is 6.93. The van der Waals surface area contributed by atoms with Crippen LogP contribution < -0.4 is 10.6 Å². The smallest absolute Gasteiger partial charge is 0.195 e. The highest BCUT2D eigenvalue weighted by molar-refractivity contribution is 6.42. The number of nitrogens with zero attached hydrogens (tertiary/aromatic N) is 1. The quantitative estimate of drug-likeness (QED) is 0.630. The van der Waals surface area contributed by atoms with Crippen LogP contribution in [0.3, 0.4) is 0 Å². The minimum atomic E-state index is 0.534. The molecule has 0 heterocycles. The highest BCUT2D eigenvalue weighted by Gasteiger charge is 2.02. The van der Waals surface area contributed by atoms with Gasteiger partial charge in [-0.25, -0.2) is 0 Å². The van der Waals surface area contributed by atoms with E-state index >= 15 is 0 Å². The van der Waals surface area contributed by atoms with Crippen molar-refractivity contribution in [2.24, 2.45) is 4.99 Å². The molecule has 1 rings (SSSR count). The first-order valence-electron chi connectivity index (χ1n) is 6.17. The third-order valence-corrected chi connectivity index (χ3v) is 2.96. The molecule has 18 heavy (non-hydrogen) atoms. The van der Waals surface area contributed by atoms with Gasteiger partial charge in [-0.05, 0) is 31.0 Å². The van der Waals surface area contributed by atoms with Gasteiger partial charge in [0.05, 0.1) is 10.0 Å². The van der Waals surface area contributed by atoms with E-state index in [9.17, 15) is 0 Å². The Morgan fingerprint density at radius 3 is 2.56 bits per heavy atom. The summed E-state index contributed by atoms with van der Waals surface area (Å²) in [5, 5.41) is 7.55. The van der Waals surface area contributed by atoms with E-state index in [1.807, 2.05) is 6.07 Å². The van der Waals surface area contributed by atoms with Crippen molar-refractivity contribution in [3.63, 3.8) is 0 Å². The second-order valence-corrected chi connectivity index (χ2v) is 4.73. The number of guanidine groups is 1. The summed E-state index contributed by atoms with van der Waals surface area (Å²) >= 11 is 11.9. The van der Waals surface area contributed by atoms with Crippen molar-refractivity contribution in [1.29, 1.82) is 0 Å². The number of nitrogens with one attached hydrogen (secondary N) is 2. The maximum atomic E-state index is 5.97. The average molecular weight is 288 g/mol. The molecular formula is C13H19Cl2N3. The van der Waals surface area contributed by atoms with Crippen molar-refractivity contribution in [2.45, 2.75) is 26.7 Å². The molecule has 1 aromatic rings. The molecule has 0 aliphatic heterocycles. The molecule has 3 nitrogen and oxygen atoms in total. The summed E-state index contributed by atoms with van der Waals surface area (Å²) in [6.07, 6.45) is 2.06. The van der Waals surface area contributed by atoms with Gasteiger partial charge in [-0.2, -0.15) is 0 Å². The largest absolute Gasteiger partial charge is 0.356 e. The van der Waals surface area contributed by atoms with Crippen LogP contribution in [0, 0.1) is 0 Å². The van der Waals surface area contributed by atoms with Crippen molar-refractivity contribution in [1.82, 2.24) is 5.32 Å². The molecule has 0 atom stereocenters. The summed E-state index contributed by atoms with van der Waals surface area (Å²) in [4.78, 5) is 4.45. The first-order chi connectivity index (χ1) is 8.67. The van der Waals surface area contributed by atoms with Crippen LogP contribution in [0.4, 0.5) is 5.69 Å². The molecule has 1 aromatic carbocycles. The van der Waals surface area contributed by atoms with Gasteiger partial charge in [0.2, 0.25) is 0 Å². The fourth-order valence-electron chi connectivity index (χ4n) is 1.32. The van der Waals surface area contributed by atoms with Crippen molar-refractivity contribution in [3.8, 4) is 0 Å². The van der Waals surface area contributed by atoms with Gasteiger partial charge in [0.1, 0.15) is 0 Å². The second kappa shape index (κ2) is 8.22. The molecular weight excluding hydrogens is 269 g/mol. The van der Waals surface area contributed by atoms with Gasteiger partial charge in [-0.1, -0.05) is 37.0 Å². The lowest BCUT2D eigenvalue weighted by Gasteiger charge is -2.12. The molecule has 0 bridgehead atoms. The number of benzene rings is 1. The Morgan fingerprint density at radius 1 is 1.17 bits per heavy atom. The second-order valence-electron chi connectivity index (χ2n) is 3.91. The molecule has 0 radical (unpaired) electrons. The van der Waals surface area contributed by atoms with Gasteiger partial charge in [0.15, 0.2) is 5.96 Å². The molecule has 0 saturated heterocycles. The molecule has 0 saturated carbocycles. The highest BCUT2D eigenvalue weighted by atomic mass is 35.5. The van der Waals surface area contributed by atoms with E-state index < -0.39 is 0 Å². The molecule has 0 aliphatic carbocycles. The van der Waals surface area contributed by atoms with Crippen LogP contribution in [0.25, 0.3) is 0 Å². The molecule has 0 unspecified atom stereocenters. The molecule has 0 aromatic heterocycles. The first kappa shape index (κ1) is 15.1. The van der Waals surface area contributed by atoms with E-state index in [2.05, 4.69) is 29.5 Å². The van der Waals surface area contributed by atoms with E-state index in [0.29, 0.717) is 10.0 Å². The van der Waals surface area contributed by atoms with Crippen LogP contribution >= 0.6 is 23.2 Å². The molecule has 0 amide bonds. The lowest BCUT2D eigenvalue weighted by molar-refractivity contribution is 0.824. The Hall–Kier alpha value is -0.930. The Balaban J connectivity index is 2.72. The SMILES string of the molecule is CCCN=C(NCCC)Nc1ccc(Cl)c(Cl)c1. The van der Waals surface area contributed by atoms with E-state index in [1.54, 1.807) is 12.1 Å². The molecule has 5 heteroatoms. The summed E-state index contributed by atoms with van der Waals surface area (Å²) in [6, 6.07) is 5.44. The Morgan fingerprint density at radius 2 is 1.94 bits per heavy atom. The lowest BCUT2D eigenvalue weighted by Crippen LogP contribution is -2.31. The fourth-order valence-corrected chi connectivity index (χ4v) is 1.62. The molecule has 0 fully saturated rings. The maximum Gasteiger partial charge on any atom is 0.195 e. The molecule has 0 spiro atoms. The van der Waals surface area contributed by atoms with Crippen molar-refractivity contribution in [2.75, 3.05) is 18.4 Å². The van der Waals surface area contributed by atoms with Crippen LogP contribution in [-0.4, -0.2) is 19.0 Å². The summed E-state index contributed by atoms with van der Waals surface area (Å²) in [5.74, 6) is 0.775. The van der Waals surface area contributed by atoms with Gasteiger partial charge in [-0.15, -0.1) is 0 Å². The van der Waals surface area contributed by atoms with Crippen LogP contribution in [-0.2, 0) is 0 Å². The van der Waals surface area contributed by atoms with E-state index in [0.717, 1.165) is 37.6 Å². The zero-order valence-electron chi connectivity index (χ0n) is 10.8. The van der Waals surface area contributed by atoms with Gasteiger partial charge >= 0.3 is 0 Å². The number of aliphatic imine (C=N–C) groups is 1. The zero-order chi connectivity index (χ0) is 13.4. The van der Waals surface area contributed by atoms with E-state index in [4.69, 9.17) is 23.2 Å². The van der Waals surface area contributed by atoms with Crippen molar-refractivity contribution >= 4 is 34.8 Å². The Labute approximate surface area is 119 Å². The molecule has 0 aliphatic rings. The predicted octanol–water partition coefficient (Wildman–Crippen LogP) is 4.17. The number of anilines is 1. The predicted molar refractivity (Wildman–Crippen MR) is 81.0 cm³/mol. The Kier molecular flexibility index (Phi) is 6.91. The Bertz CT molecular complexity index is 405. The number of rotatable bonds is 5. The van der Waals surface area contributed by atoms with E-state index in [-0.39, 0.29) is 0 Å². The van der Waals surface area contributed by atoms with Gasteiger partial charge in [0.25, 0.3) is 0 Å². The fraction of sp³-hybridized carbons (Fsp3) is 0.462. The molecule has 2 N–H and O–H groups in total. The van der Waals surface area contributed by atoms with Gasteiger partial charge < -0.3 is 10.6 Å². The normalized spacial score (nSPS) is 11.4. The number of hydrogen-bond donors (Lipinski definition) is 2. The van der Waals surface area contributed by atoms with Gasteiger partial charge in [-0.3, -0.25) is 4.99 Å². The van der Waals surface area contributed by atoms with Gasteiger partial charge in [0, 0.05) is 18.8 Å².